The molecule has 90 valence electrons. The molecule has 0 saturated carbocycles. The van der Waals surface area contributed by atoms with Crippen molar-refractivity contribution in [3.8, 4) is 18.1 Å². The lowest BCUT2D eigenvalue weighted by Crippen LogP contribution is -2.29. The summed E-state index contributed by atoms with van der Waals surface area (Å²) in [5, 5.41) is 5.76. The van der Waals surface area contributed by atoms with Crippen molar-refractivity contribution < 1.29 is 9.53 Å². The Bertz CT molecular complexity index is 441. The SMILES string of the molecule is C#CCCNC(=O)Nc1cc(Cl)ccc1OC. The summed E-state index contributed by atoms with van der Waals surface area (Å²) < 4.78 is 5.09. The van der Waals surface area contributed by atoms with E-state index in [1.165, 1.54) is 7.11 Å². The number of terminal acetylenes is 1. The van der Waals surface area contributed by atoms with Gasteiger partial charge in [0.2, 0.25) is 0 Å². The molecule has 1 aromatic rings. The van der Waals surface area contributed by atoms with Crippen LogP contribution in [0.15, 0.2) is 18.2 Å². The fourth-order valence-electron chi connectivity index (χ4n) is 1.19. The fraction of sp³-hybridized carbons (Fsp3) is 0.250. The van der Waals surface area contributed by atoms with Crippen molar-refractivity contribution in [3.63, 3.8) is 0 Å². The van der Waals surface area contributed by atoms with Crippen molar-refractivity contribution in [1.29, 1.82) is 0 Å². The van der Waals surface area contributed by atoms with Crippen LogP contribution in [0.25, 0.3) is 0 Å². The molecular weight excluding hydrogens is 240 g/mol. The van der Waals surface area contributed by atoms with Crippen molar-refractivity contribution in [2.45, 2.75) is 6.42 Å². The summed E-state index contributed by atoms with van der Waals surface area (Å²) in [6.07, 6.45) is 5.56. The molecule has 1 rings (SSSR count). The van der Waals surface area contributed by atoms with Crippen LogP contribution in [0.2, 0.25) is 5.02 Å². The van der Waals surface area contributed by atoms with Crippen LogP contribution in [-0.4, -0.2) is 19.7 Å². The summed E-state index contributed by atoms with van der Waals surface area (Å²) in [7, 11) is 1.52. The average Bonchev–Trinajstić information content (AvgIpc) is 2.29. The molecule has 4 nitrogen and oxygen atoms in total. The predicted molar refractivity (Wildman–Crippen MR) is 68.5 cm³/mol. The largest absolute Gasteiger partial charge is 0.495 e. The van der Waals surface area contributed by atoms with Crippen LogP contribution in [-0.2, 0) is 0 Å². The fourth-order valence-corrected chi connectivity index (χ4v) is 1.36. The van der Waals surface area contributed by atoms with Crippen molar-refractivity contribution in [1.82, 2.24) is 5.32 Å². The van der Waals surface area contributed by atoms with Crippen LogP contribution in [0.3, 0.4) is 0 Å². The highest BCUT2D eigenvalue weighted by molar-refractivity contribution is 6.31. The normalized spacial score (nSPS) is 9.24. The Hall–Kier alpha value is -1.86. The highest BCUT2D eigenvalue weighted by atomic mass is 35.5. The molecule has 0 fully saturated rings. The Balaban J connectivity index is 2.64. The molecule has 1 aromatic carbocycles. The zero-order chi connectivity index (χ0) is 12.7. The standard InChI is InChI=1S/C12H13ClN2O2/c1-3-4-7-14-12(16)15-10-8-9(13)5-6-11(10)17-2/h1,5-6,8H,4,7H2,2H3,(H2,14,15,16). The molecule has 2 N–H and O–H groups in total. The van der Waals surface area contributed by atoms with Gasteiger partial charge in [0.05, 0.1) is 12.8 Å². The highest BCUT2D eigenvalue weighted by Gasteiger charge is 2.07. The van der Waals surface area contributed by atoms with Crippen molar-refractivity contribution in [2.24, 2.45) is 0 Å². The van der Waals surface area contributed by atoms with Gasteiger partial charge in [0.25, 0.3) is 0 Å². The van der Waals surface area contributed by atoms with Crippen LogP contribution in [0.5, 0.6) is 5.75 Å². The second-order valence-corrected chi connectivity index (χ2v) is 3.62. The number of nitrogens with one attached hydrogen (secondary N) is 2. The van der Waals surface area contributed by atoms with Crippen LogP contribution >= 0.6 is 11.6 Å². The number of carbonyl (C=O) groups is 1. The molecule has 0 aromatic heterocycles. The Labute approximate surface area is 105 Å². The smallest absolute Gasteiger partial charge is 0.319 e. The van der Waals surface area contributed by atoms with Gasteiger partial charge in [-0.3, -0.25) is 0 Å². The first-order chi connectivity index (χ1) is 8.17. The van der Waals surface area contributed by atoms with Crippen molar-refractivity contribution >= 4 is 23.3 Å². The Kier molecular flexibility index (Phi) is 5.18. The first-order valence-corrected chi connectivity index (χ1v) is 5.37. The third kappa shape index (κ3) is 4.25. The quantitative estimate of drug-likeness (QED) is 0.639. The van der Waals surface area contributed by atoms with Gasteiger partial charge in [0.15, 0.2) is 0 Å². The molecule has 0 unspecified atom stereocenters. The molecule has 0 aliphatic heterocycles. The van der Waals surface area contributed by atoms with Gasteiger partial charge in [0, 0.05) is 18.0 Å². The van der Waals surface area contributed by atoms with Crippen molar-refractivity contribution in [2.75, 3.05) is 19.0 Å². The number of hydrogen-bond donors (Lipinski definition) is 2. The lowest BCUT2D eigenvalue weighted by atomic mass is 10.3. The van der Waals surface area contributed by atoms with Gasteiger partial charge in [-0.05, 0) is 18.2 Å². The number of methoxy groups -OCH3 is 1. The maximum atomic E-state index is 11.5. The molecule has 0 atom stereocenters. The van der Waals surface area contributed by atoms with E-state index in [0.717, 1.165) is 0 Å². The first-order valence-electron chi connectivity index (χ1n) is 4.99. The zero-order valence-corrected chi connectivity index (χ0v) is 10.2. The minimum Gasteiger partial charge on any atom is -0.495 e. The lowest BCUT2D eigenvalue weighted by molar-refractivity contribution is 0.252. The van der Waals surface area contributed by atoms with Gasteiger partial charge in [-0.2, -0.15) is 0 Å². The number of anilines is 1. The van der Waals surface area contributed by atoms with E-state index in [-0.39, 0.29) is 6.03 Å². The molecule has 0 aliphatic carbocycles. The molecule has 17 heavy (non-hydrogen) atoms. The van der Waals surface area contributed by atoms with E-state index in [0.29, 0.717) is 29.4 Å². The van der Waals surface area contributed by atoms with Crippen LogP contribution in [0.4, 0.5) is 10.5 Å². The maximum Gasteiger partial charge on any atom is 0.319 e. The summed E-state index contributed by atoms with van der Waals surface area (Å²) in [6.45, 7) is 0.422. The van der Waals surface area contributed by atoms with Gasteiger partial charge in [-0.15, -0.1) is 12.3 Å². The van der Waals surface area contributed by atoms with Gasteiger partial charge < -0.3 is 15.4 Å². The van der Waals surface area contributed by atoms with Gasteiger partial charge in [-0.25, -0.2) is 4.79 Å². The average molecular weight is 253 g/mol. The van der Waals surface area contributed by atoms with E-state index in [9.17, 15) is 4.79 Å². The lowest BCUT2D eigenvalue weighted by Gasteiger charge is -2.10. The molecule has 0 aliphatic rings. The molecule has 0 spiro atoms. The maximum absolute atomic E-state index is 11.5. The molecule has 2 amide bonds. The molecular formula is C12H13ClN2O2. The zero-order valence-electron chi connectivity index (χ0n) is 9.42. The van der Waals surface area contributed by atoms with E-state index >= 15 is 0 Å². The van der Waals surface area contributed by atoms with Crippen LogP contribution in [0, 0.1) is 12.3 Å². The minimum absolute atomic E-state index is 0.346. The second kappa shape index (κ2) is 6.66. The van der Waals surface area contributed by atoms with E-state index in [1.54, 1.807) is 18.2 Å². The number of carbonyl (C=O) groups excluding carboxylic acids is 1. The third-order valence-electron chi connectivity index (χ3n) is 1.96. The van der Waals surface area contributed by atoms with Crippen molar-refractivity contribution in [3.05, 3.63) is 23.2 Å². The van der Waals surface area contributed by atoms with E-state index < -0.39 is 0 Å². The van der Waals surface area contributed by atoms with Crippen LogP contribution < -0.4 is 15.4 Å². The number of amides is 2. The summed E-state index contributed by atoms with van der Waals surface area (Å²) in [5.74, 6) is 2.97. The Morgan fingerprint density at radius 1 is 1.59 bits per heavy atom. The monoisotopic (exact) mass is 252 g/mol. The summed E-state index contributed by atoms with van der Waals surface area (Å²) >= 11 is 5.83. The first kappa shape index (κ1) is 13.2. The molecule has 0 heterocycles. The minimum atomic E-state index is -0.346. The molecule has 0 saturated heterocycles. The van der Waals surface area contributed by atoms with E-state index in [4.69, 9.17) is 22.8 Å². The summed E-state index contributed by atoms with van der Waals surface area (Å²) in [5.41, 5.74) is 0.512. The molecule has 5 heteroatoms. The number of urea groups is 1. The highest BCUT2D eigenvalue weighted by Crippen LogP contribution is 2.27. The Morgan fingerprint density at radius 2 is 2.35 bits per heavy atom. The van der Waals surface area contributed by atoms with Gasteiger partial charge >= 0.3 is 6.03 Å². The number of rotatable bonds is 4. The third-order valence-corrected chi connectivity index (χ3v) is 2.20. The topological polar surface area (TPSA) is 50.4 Å². The van der Waals surface area contributed by atoms with E-state index in [1.807, 2.05) is 0 Å². The van der Waals surface area contributed by atoms with Crippen LogP contribution in [0.1, 0.15) is 6.42 Å². The summed E-state index contributed by atoms with van der Waals surface area (Å²) in [6, 6.07) is 4.63. The molecule has 0 radical (unpaired) electrons. The molecule has 0 bridgehead atoms. The van der Waals surface area contributed by atoms with Gasteiger partial charge in [0.1, 0.15) is 5.75 Å². The number of halogens is 1. The predicted octanol–water partition coefficient (Wildman–Crippen LogP) is 2.49. The van der Waals surface area contributed by atoms with E-state index in [2.05, 4.69) is 16.6 Å². The second-order valence-electron chi connectivity index (χ2n) is 3.18. The summed E-state index contributed by atoms with van der Waals surface area (Å²) in [4.78, 5) is 11.5. The number of hydrogen-bond acceptors (Lipinski definition) is 2. The number of ether oxygens (including phenoxy) is 1. The number of benzene rings is 1. The van der Waals surface area contributed by atoms with Gasteiger partial charge in [-0.1, -0.05) is 11.6 Å². The Morgan fingerprint density at radius 3 is 3.00 bits per heavy atom.